The monoisotopic (exact) mass is 178 g/mol. The van der Waals surface area contributed by atoms with E-state index in [4.69, 9.17) is 0 Å². The highest BCUT2D eigenvalue weighted by atomic mass is 16.1. The molecule has 0 spiro atoms. The summed E-state index contributed by atoms with van der Waals surface area (Å²) in [5.41, 5.74) is 1.74. The Bertz CT molecular complexity index is 297. The number of carbonyl (C=O) groups excluding carboxylic acids is 1. The number of rotatable bonds is 3. The summed E-state index contributed by atoms with van der Waals surface area (Å²) in [7, 11) is 0. The quantitative estimate of drug-likeness (QED) is 0.770. The first-order chi connectivity index (χ1) is 6.22. The van der Waals surface area contributed by atoms with E-state index in [0.717, 1.165) is 17.8 Å². The van der Waals surface area contributed by atoms with E-state index >= 15 is 0 Å². The fraction of sp³-hybridized carbons (Fsp3) is 0.400. The third-order valence-electron chi connectivity index (χ3n) is 1.66. The summed E-state index contributed by atoms with van der Waals surface area (Å²) in [4.78, 5) is 15.2. The van der Waals surface area contributed by atoms with E-state index in [-0.39, 0.29) is 5.91 Å². The Kier molecular flexibility index (Phi) is 3.43. The summed E-state index contributed by atoms with van der Waals surface area (Å²) in [5, 5.41) is 2.80. The molecule has 0 aliphatic rings. The van der Waals surface area contributed by atoms with Crippen molar-refractivity contribution in [2.75, 3.05) is 5.32 Å². The molecule has 0 saturated heterocycles. The molecule has 3 heteroatoms. The molecule has 3 nitrogen and oxygen atoms in total. The van der Waals surface area contributed by atoms with Crippen molar-refractivity contribution in [3.05, 3.63) is 24.0 Å². The maximum absolute atomic E-state index is 11.2. The van der Waals surface area contributed by atoms with Crippen LogP contribution < -0.4 is 5.32 Å². The number of carbonyl (C=O) groups is 1. The summed E-state index contributed by atoms with van der Waals surface area (Å²) < 4.78 is 0. The Labute approximate surface area is 78.2 Å². The predicted molar refractivity (Wildman–Crippen MR) is 52.5 cm³/mol. The zero-order chi connectivity index (χ0) is 9.68. The number of hydrogen-bond donors (Lipinski definition) is 1. The van der Waals surface area contributed by atoms with Gasteiger partial charge in [-0.15, -0.1) is 0 Å². The molecule has 1 amide bonds. The second-order valence-corrected chi connectivity index (χ2v) is 2.98. The molecule has 0 atom stereocenters. The minimum Gasteiger partial charge on any atom is -0.326 e. The van der Waals surface area contributed by atoms with Crippen molar-refractivity contribution in [2.45, 2.75) is 26.7 Å². The lowest BCUT2D eigenvalue weighted by Crippen LogP contribution is -2.10. The van der Waals surface area contributed by atoms with Crippen molar-refractivity contribution in [3.63, 3.8) is 0 Å². The van der Waals surface area contributed by atoms with Crippen LogP contribution in [0.2, 0.25) is 0 Å². The van der Waals surface area contributed by atoms with Crippen molar-refractivity contribution in [3.8, 4) is 0 Å². The number of aryl methyl sites for hydroxylation is 1. The van der Waals surface area contributed by atoms with Gasteiger partial charge in [0.1, 0.15) is 0 Å². The fourth-order valence-corrected chi connectivity index (χ4v) is 1.07. The van der Waals surface area contributed by atoms with Gasteiger partial charge in [-0.2, -0.15) is 0 Å². The molecule has 0 radical (unpaired) electrons. The molecule has 13 heavy (non-hydrogen) atoms. The number of hydrogen-bond acceptors (Lipinski definition) is 2. The van der Waals surface area contributed by atoms with Crippen LogP contribution in [0.3, 0.4) is 0 Å². The van der Waals surface area contributed by atoms with Crippen LogP contribution in [-0.4, -0.2) is 10.9 Å². The predicted octanol–water partition coefficient (Wildman–Crippen LogP) is 2.13. The fourth-order valence-electron chi connectivity index (χ4n) is 1.07. The van der Waals surface area contributed by atoms with E-state index in [1.54, 1.807) is 12.3 Å². The largest absolute Gasteiger partial charge is 0.326 e. The molecule has 1 N–H and O–H groups in total. The van der Waals surface area contributed by atoms with Gasteiger partial charge >= 0.3 is 0 Å². The molecule has 0 aromatic carbocycles. The van der Waals surface area contributed by atoms with Gasteiger partial charge in [0.25, 0.3) is 0 Å². The number of pyridine rings is 1. The maximum Gasteiger partial charge on any atom is 0.224 e. The Balaban J connectivity index is 2.58. The standard InChI is InChI=1S/C10H14N2O/c1-3-4-10(13)12-9-5-6-11-8(2)7-9/h5-7H,3-4H2,1-2H3,(H,11,12,13). The van der Waals surface area contributed by atoms with E-state index in [1.165, 1.54) is 0 Å². The van der Waals surface area contributed by atoms with Crippen LogP contribution >= 0.6 is 0 Å². The smallest absolute Gasteiger partial charge is 0.224 e. The summed E-state index contributed by atoms with van der Waals surface area (Å²) in [6.45, 7) is 3.88. The molecule has 1 aromatic rings. The van der Waals surface area contributed by atoms with Gasteiger partial charge in [-0.3, -0.25) is 9.78 Å². The topological polar surface area (TPSA) is 42.0 Å². The lowest BCUT2D eigenvalue weighted by atomic mass is 10.3. The van der Waals surface area contributed by atoms with Crippen LogP contribution in [-0.2, 0) is 4.79 Å². The molecule has 0 aliphatic heterocycles. The zero-order valence-electron chi connectivity index (χ0n) is 8.00. The molecular weight excluding hydrogens is 164 g/mol. The minimum atomic E-state index is 0.0631. The van der Waals surface area contributed by atoms with E-state index in [2.05, 4.69) is 10.3 Å². The molecule has 0 unspecified atom stereocenters. The van der Waals surface area contributed by atoms with Crippen LogP contribution in [0.5, 0.6) is 0 Å². The van der Waals surface area contributed by atoms with Crippen LogP contribution in [0.4, 0.5) is 5.69 Å². The molecular formula is C10H14N2O. The Morgan fingerprint density at radius 3 is 3.00 bits per heavy atom. The second kappa shape index (κ2) is 4.60. The number of amides is 1. The van der Waals surface area contributed by atoms with Gasteiger partial charge in [0.2, 0.25) is 5.91 Å². The number of anilines is 1. The molecule has 1 aromatic heterocycles. The van der Waals surface area contributed by atoms with Gasteiger partial charge in [-0.05, 0) is 25.5 Å². The van der Waals surface area contributed by atoms with Gasteiger partial charge in [-0.1, -0.05) is 6.92 Å². The highest BCUT2D eigenvalue weighted by molar-refractivity contribution is 5.90. The van der Waals surface area contributed by atoms with Crippen molar-refractivity contribution in [1.82, 2.24) is 4.98 Å². The minimum absolute atomic E-state index is 0.0631. The van der Waals surface area contributed by atoms with E-state index in [1.807, 2.05) is 19.9 Å². The normalized spacial score (nSPS) is 9.69. The van der Waals surface area contributed by atoms with Gasteiger partial charge in [0.15, 0.2) is 0 Å². The molecule has 0 bridgehead atoms. The maximum atomic E-state index is 11.2. The Hall–Kier alpha value is -1.38. The third kappa shape index (κ3) is 3.23. The molecule has 1 heterocycles. The second-order valence-electron chi connectivity index (χ2n) is 2.98. The molecule has 0 fully saturated rings. The molecule has 1 rings (SSSR count). The summed E-state index contributed by atoms with van der Waals surface area (Å²) in [6, 6.07) is 3.65. The first-order valence-corrected chi connectivity index (χ1v) is 4.45. The lowest BCUT2D eigenvalue weighted by molar-refractivity contribution is -0.116. The van der Waals surface area contributed by atoms with Crippen molar-refractivity contribution >= 4 is 11.6 Å². The lowest BCUT2D eigenvalue weighted by Gasteiger charge is -2.03. The van der Waals surface area contributed by atoms with Gasteiger partial charge in [0, 0.05) is 24.0 Å². The highest BCUT2D eigenvalue weighted by Gasteiger charge is 1.99. The summed E-state index contributed by atoms with van der Waals surface area (Å²) in [5.74, 6) is 0.0631. The van der Waals surface area contributed by atoms with Crippen molar-refractivity contribution < 1.29 is 4.79 Å². The van der Waals surface area contributed by atoms with Crippen molar-refractivity contribution in [2.24, 2.45) is 0 Å². The average molecular weight is 178 g/mol. The first kappa shape index (κ1) is 9.71. The molecule has 0 saturated carbocycles. The van der Waals surface area contributed by atoms with Crippen molar-refractivity contribution in [1.29, 1.82) is 0 Å². The number of nitrogens with zero attached hydrogens (tertiary/aromatic N) is 1. The Morgan fingerprint density at radius 1 is 1.62 bits per heavy atom. The molecule has 0 aliphatic carbocycles. The first-order valence-electron chi connectivity index (χ1n) is 4.45. The average Bonchev–Trinajstić information content (AvgIpc) is 2.04. The van der Waals surface area contributed by atoms with Gasteiger partial charge in [-0.25, -0.2) is 0 Å². The SMILES string of the molecule is CCCC(=O)Nc1ccnc(C)c1. The number of nitrogens with one attached hydrogen (secondary N) is 1. The zero-order valence-corrected chi connectivity index (χ0v) is 8.00. The number of aromatic nitrogens is 1. The molecule has 70 valence electrons. The van der Waals surface area contributed by atoms with Gasteiger partial charge in [0.05, 0.1) is 0 Å². The summed E-state index contributed by atoms with van der Waals surface area (Å²) in [6.07, 6.45) is 3.13. The van der Waals surface area contributed by atoms with Gasteiger partial charge < -0.3 is 5.32 Å². The van der Waals surface area contributed by atoms with Crippen LogP contribution in [0.15, 0.2) is 18.3 Å². The van der Waals surface area contributed by atoms with E-state index < -0.39 is 0 Å². The van der Waals surface area contributed by atoms with Crippen LogP contribution in [0.25, 0.3) is 0 Å². The summed E-state index contributed by atoms with van der Waals surface area (Å²) >= 11 is 0. The van der Waals surface area contributed by atoms with E-state index in [9.17, 15) is 4.79 Å². The highest BCUT2D eigenvalue weighted by Crippen LogP contribution is 2.07. The third-order valence-corrected chi connectivity index (χ3v) is 1.66. The Morgan fingerprint density at radius 2 is 2.38 bits per heavy atom. The van der Waals surface area contributed by atoms with Crippen LogP contribution in [0, 0.1) is 6.92 Å². The van der Waals surface area contributed by atoms with Crippen LogP contribution in [0.1, 0.15) is 25.5 Å². The van der Waals surface area contributed by atoms with E-state index in [0.29, 0.717) is 6.42 Å².